The summed E-state index contributed by atoms with van der Waals surface area (Å²) in [5, 5.41) is 10.1. The molecule has 1 aromatic rings. The number of aliphatic hydroxyl groups is 1. The van der Waals surface area contributed by atoms with E-state index in [0.717, 1.165) is 38.9 Å². The lowest BCUT2D eigenvalue weighted by Gasteiger charge is -2.37. The molecule has 1 aromatic carbocycles. The third kappa shape index (κ3) is 3.78. The predicted molar refractivity (Wildman–Crippen MR) is 79.3 cm³/mol. The van der Waals surface area contributed by atoms with Gasteiger partial charge in [0.15, 0.2) is 0 Å². The molecule has 3 heteroatoms. The molecule has 0 atom stereocenters. The normalized spacial score (nSPS) is 19.6. The van der Waals surface area contributed by atoms with E-state index in [1.807, 2.05) is 0 Å². The van der Waals surface area contributed by atoms with Gasteiger partial charge in [-0.2, -0.15) is 0 Å². The zero-order valence-electron chi connectivity index (χ0n) is 12.2. The molecular formula is C16H26N2O. The van der Waals surface area contributed by atoms with Crippen LogP contribution >= 0.6 is 0 Å². The number of nitrogens with two attached hydrogens (primary N) is 1. The molecule has 1 saturated heterocycles. The van der Waals surface area contributed by atoms with Crippen LogP contribution in [0, 0.1) is 13.8 Å². The Labute approximate surface area is 116 Å². The maximum Gasteiger partial charge on any atom is 0.0793 e. The van der Waals surface area contributed by atoms with Crippen molar-refractivity contribution in [3.8, 4) is 0 Å². The molecule has 106 valence electrons. The Bertz CT molecular complexity index is 423. The summed E-state index contributed by atoms with van der Waals surface area (Å²) in [5.41, 5.74) is 9.14. The largest absolute Gasteiger partial charge is 0.388 e. The van der Waals surface area contributed by atoms with E-state index in [4.69, 9.17) is 5.73 Å². The first kappa shape index (κ1) is 14.5. The fraction of sp³-hybridized carbons (Fsp3) is 0.625. The van der Waals surface area contributed by atoms with Crippen molar-refractivity contribution in [2.75, 3.05) is 26.2 Å². The van der Waals surface area contributed by atoms with Crippen molar-refractivity contribution in [1.82, 2.24) is 4.90 Å². The van der Waals surface area contributed by atoms with Gasteiger partial charge >= 0.3 is 0 Å². The van der Waals surface area contributed by atoms with Crippen LogP contribution in [0.4, 0.5) is 0 Å². The van der Waals surface area contributed by atoms with Crippen molar-refractivity contribution < 1.29 is 5.11 Å². The molecule has 0 radical (unpaired) electrons. The van der Waals surface area contributed by atoms with Gasteiger partial charge < -0.3 is 15.7 Å². The van der Waals surface area contributed by atoms with Crippen molar-refractivity contribution in [1.29, 1.82) is 0 Å². The van der Waals surface area contributed by atoms with Crippen molar-refractivity contribution in [3.05, 3.63) is 34.9 Å². The highest BCUT2D eigenvalue weighted by Crippen LogP contribution is 2.21. The Morgan fingerprint density at radius 3 is 2.53 bits per heavy atom. The standard InChI is InChI=1S/C16H26N2O/c1-13-3-4-15(14(2)11-13)5-8-18-9-6-16(19,12-17)7-10-18/h3-4,11,19H,5-10,12,17H2,1-2H3. The molecule has 19 heavy (non-hydrogen) atoms. The van der Waals surface area contributed by atoms with Gasteiger partial charge in [-0.1, -0.05) is 23.8 Å². The van der Waals surface area contributed by atoms with Crippen LogP contribution in [0.5, 0.6) is 0 Å². The molecule has 0 spiro atoms. The highest BCUT2D eigenvalue weighted by atomic mass is 16.3. The first-order valence-electron chi connectivity index (χ1n) is 7.23. The minimum Gasteiger partial charge on any atom is -0.388 e. The molecule has 0 amide bonds. The third-order valence-corrected chi connectivity index (χ3v) is 4.36. The van der Waals surface area contributed by atoms with Gasteiger partial charge in [0.05, 0.1) is 5.60 Å². The summed E-state index contributed by atoms with van der Waals surface area (Å²) in [6.45, 7) is 7.69. The zero-order valence-corrected chi connectivity index (χ0v) is 12.2. The van der Waals surface area contributed by atoms with E-state index >= 15 is 0 Å². The molecule has 0 saturated carbocycles. The Morgan fingerprint density at radius 2 is 1.95 bits per heavy atom. The molecule has 1 heterocycles. The van der Waals surface area contributed by atoms with E-state index < -0.39 is 5.60 Å². The van der Waals surface area contributed by atoms with Crippen molar-refractivity contribution >= 4 is 0 Å². The lowest BCUT2D eigenvalue weighted by atomic mass is 9.91. The summed E-state index contributed by atoms with van der Waals surface area (Å²) in [7, 11) is 0. The number of piperidine rings is 1. The van der Waals surface area contributed by atoms with Crippen molar-refractivity contribution in [2.45, 2.75) is 38.7 Å². The number of likely N-dealkylation sites (tertiary alicyclic amines) is 1. The van der Waals surface area contributed by atoms with Gasteiger partial charge in [0.1, 0.15) is 0 Å². The lowest BCUT2D eigenvalue weighted by molar-refractivity contribution is -0.0130. The van der Waals surface area contributed by atoms with E-state index in [2.05, 4.69) is 36.9 Å². The van der Waals surface area contributed by atoms with E-state index in [1.54, 1.807) is 0 Å². The fourth-order valence-corrected chi connectivity index (χ4v) is 2.80. The Hall–Kier alpha value is -0.900. The van der Waals surface area contributed by atoms with Crippen LogP contribution in [0.15, 0.2) is 18.2 Å². The lowest BCUT2D eigenvalue weighted by Crippen LogP contribution is -2.49. The minimum atomic E-state index is -0.615. The summed E-state index contributed by atoms with van der Waals surface area (Å²) in [6, 6.07) is 6.68. The number of nitrogens with zero attached hydrogens (tertiary/aromatic N) is 1. The van der Waals surface area contributed by atoms with Gasteiger partial charge in [-0.15, -0.1) is 0 Å². The van der Waals surface area contributed by atoms with Gasteiger partial charge in [-0.3, -0.25) is 0 Å². The second-order valence-corrected chi connectivity index (χ2v) is 5.95. The molecule has 2 rings (SSSR count). The SMILES string of the molecule is Cc1ccc(CCN2CCC(O)(CN)CC2)c(C)c1. The third-order valence-electron chi connectivity index (χ3n) is 4.36. The second-order valence-electron chi connectivity index (χ2n) is 5.95. The molecule has 0 bridgehead atoms. The van der Waals surface area contributed by atoms with E-state index in [9.17, 15) is 5.11 Å². The topological polar surface area (TPSA) is 49.5 Å². The number of benzene rings is 1. The number of aryl methyl sites for hydroxylation is 2. The van der Waals surface area contributed by atoms with Crippen LogP contribution in [0.2, 0.25) is 0 Å². The van der Waals surface area contributed by atoms with Crippen LogP contribution in [0.3, 0.4) is 0 Å². The number of hydrogen-bond donors (Lipinski definition) is 2. The van der Waals surface area contributed by atoms with Gasteiger partial charge in [-0.25, -0.2) is 0 Å². The summed E-state index contributed by atoms with van der Waals surface area (Å²) in [6.07, 6.45) is 2.69. The van der Waals surface area contributed by atoms with E-state index in [0.29, 0.717) is 6.54 Å². The van der Waals surface area contributed by atoms with Crippen LogP contribution in [0.1, 0.15) is 29.5 Å². The average molecular weight is 262 g/mol. The average Bonchev–Trinajstić information content (AvgIpc) is 2.40. The van der Waals surface area contributed by atoms with Gasteiger partial charge in [0.25, 0.3) is 0 Å². The molecule has 0 aromatic heterocycles. The first-order valence-corrected chi connectivity index (χ1v) is 7.23. The van der Waals surface area contributed by atoms with Gasteiger partial charge in [-0.05, 0) is 44.2 Å². The first-order chi connectivity index (χ1) is 9.02. The summed E-state index contributed by atoms with van der Waals surface area (Å²) in [4.78, 5) is 2.43. The summed E-state index contributed by atoms with van der Waals surface area (Å²) < 4.78 is 0. The zero-order chi connectivity index (χ0) is 13.9. The second kappa shape index (κ2) is 6.04. The quantitative estimate of drug-likeness (QED) is 0.867. The molecule has 3 nitrogen and oxygen atoms in total. The molecular weight excluding hydrogens is 236 g/mol. The Kier molecular flexibility index (Phi) is 4.61. The molecule has 1 fully saturated rings. The van der Waals surface area contributed by atoms with E-state index in [-0.39, 0.29) is 0 Å². The van der Waals surface area contributed by atoms with Crippen LogP contribution in [-0.4, -0.2) is 41.8 Å². The number of hydrogen-bond acceptors (Lipinski definition) is 3. The van der Waals surface area contributed by atoms with E-state index in [1.165, 1.54) is 16.7 Å². The molecule has 0 unspecified atom stereocenters. The van der Waals surface area contributed by atoms with Crippen molar-refractivity contribution in [3.63, 3.8) is 0 Å². The molecule has 3 N–H and O–H groups in total. The van der Waals surface area contributed by atoms with Crippen LogP contribution in [0.25, 0.3) is 0 Å². The summed E-state index contributed by atoms with van der Waals surface area (Å²) in [5.74, 6) is 0. The molecule has 1 aliphatic rings. The monoisotopic (exact) mass is 262 g/mol. The Balaban J connectivity index is 1.84. The Morgan fingerprint density at radius 1 is 1.26 bits per heavy atom. The smallest absolute Gasteiger partial charge is 0.0793 e. The fourth-order valence-electron chi connectivity index (χ4n) is 2.80. The molecule has 0 aliphatic carbocycles. The highest BCUT2D eigenvalue weighted by Gasteiger charge is 2.30. The van der Waals surface area contributed by atoms with Crippen molar-refractivity contribution in [2.24, 2.45) is 5.73 Å². The van der Waals surface area contributed by atoms with Gasteiger partial charge in [0, 0.05) is 26.2 Å². The summed E-state index contributed by atoms with van der Waals surface area (Å²) >= 11 is 0. The maximum atomic E-state index is 10.1. The van der Waals surface area contributed by atoms with Crippen LogP contribution in [-0.2, 0) is 6.42 Å². The maximum absolute atomic E-state index is 10.1. The predicted octanol–water partition coefficient (Wildman–Crippen LogP) is 1.63. The number of rotatable bonds is 4. The highest BCUT2D eigenvalue weighted by molar-refractivity contribution is 5.30. The molecule has 1 aliphatic heterocycles. The minimum absolute atomic E-state index is 0.387. The van der Waals surface area contributed by atoms with Crippen LogP contribution < -0.4 is 5.73 Å². The van der Waals surface area contributed by atoms with Gasteiger partial charge in [0.2, 0.25) is 0 Å².